The molecule has 1 fully saturated rings. The zero-order chi connectivity index (χ0) is 28.1. The van der Waals surface area contributed by atoms with Crippen molar-refractivity contribution >= 4 is 74.8 Å². The van der Waals surface area contributed by atoms with Crippen molar-refractivity contribution in [2.75, 3.05) is 18.5 Å². The molecule has 0 radical (unpaired) electrons. The van der Waals surface area contributed by atoms with Crippen molar-refractivity contribution in [3.63, 3.8) is 0 Å². The molecule has 0 atom stereocenters. The van der Waals surface area contributed by atoms with Crippen LogP contribution < -0.4 is 14.8 Å². The van der Waals surface area contributed by atoms with E-state index in [9.17, 15) is 14.4 Å². The predicted octanol–water partition coefficient (Wildman–Crippen LogP) is 7.21. The molecular formula is C29H26ClIN2O5S. The molecule has 1 aliphatic rings. The highest BCUT2D eigenvalue weighted by atomic mass is 127. The number of halogens is 2. The van der Waals surface area contributed by atoms with Crippen molar-refractivity contribution in [2.45, 2.75) is 27.3 Å². The van der Waals surface area contributed by atoms with Crippen LogP contribution in [0.2, 0.25) is 5.02 Å². The topological polar surface area (TPSA) is 84.9 Å². The Labute approximate surface area is 250 Å². The summed E-state index contributed by atoms with van der Waals surface area (Å²) in [6, 6.07) is 16.5. The zero-order valence-corrected chi connectivity index (χ0v) is 25.3. The molecule has 0 aromatic heterocycles. The van der Waals surface area contributed by atoms with E-state index >= 15 is 0 Å². The molecule has 1 heterocycles. The van der Waals surface area contributed by atoms with E-state index in [-0.39, 0.29) is 30.2 Å². The van der Waals surface area contributed by atoms with Crippen LogP contribution in [0.3, 0.4) is 0 Å². The maximum absolute atomic E-state index is 13.1. The van der Waals surface area contributed by atoms with Crippen molar-refractivity contribution < 1.29 is 23.9 Å². The van der Waals surface area contributed by atoms with Crippen LogP contribution in [0.1, 0.15) is 29.2 Å². The molecule has 4 rings (SSSR count). The molecule has 10 heteroatoms. The van der Waals surface area contributed by atoms with Crippen LogP contribution in [-0.4, -0.2) is 35.2 Å². The molecule has 39 heavy (non-hydrogen) atoms. The Morgan fingerprint density at radius 1 is 1.08 bits per heavy atom. The van der Waals surface area contributed by atoms with Gasteiger partial charge >= 0.3 is 0 Å². The maximum Gasteiger partial charge on any atom is 0.293 e. The van der Waals surface area contributed by atoms with Crippen molar-refractivity contribution in [1.82, 2.24) is 4.90 Å². The Bertz CT molecular complexity index is 1480. The summed E-state index contributed by atoms with van der Waals surface area (Å²) in [6.45, 7) is 6.03. The molecule has 0 bridgehead atoms. The van der Waals surface area contributed by atoms with Crippen LogP contribution in [0.25, 0.3) is 6.08 Å². The number of rotatable bonds is 9. The van der Waals surface area contributed by atoms with Crippen molar-refractivity contribution in [1.29, 1.82) is 0 Å². The molecule has 0 spiro atoms. The van der Waals surface area contributed by atoms with Crippen molar-refractivity contribution in [3.8, 4) is 11.5 Å². The molecule has 0 aliphatic carbocycles. The van der Waals surface area contributed by atoms with Gasteiger partial charge in [-0.15, -0.1) is 0 Å². The maximum atomic E-state index is 13.1. The summed E-state index contributed by atoms with van der Waals surface area (Å²) in [5.74, 6) is 0.161. The number of carbonyl (C=O) groups is 3. The lowest BCUT2D eigenvalue weighted by atomic mass is 10.1. The van der Waals surface area contributed by atoms with Gasteiger partial charge in [0, 0.05) is 10.7 Å². The first kappa shape index (κ1) is 29.0. The standard InChI is InChI=1S/C29H26ClIN2O5S/c1-4-37-24-12-19(13-25-28(35)33(29(36)39-25)15-20-8-6-5-7-17(20)2)11-23(31)27(24)38-16-26(34)32-21-10-9-18(3)22(30)14-21/h5-14H,4,15-16H2,1-3H3,(H,32,34)/b25-13-. The summed E-state index contributed by atoms with van der Waals surface area (Å²) in [5.41, 5.74) is 4.10. The first-order chi connectivity index (χ1) is 18.7. The van der Waals surface area contributed by atoms with E-state index < -0.39 is 0 Å². The summed E-state index contributed by atoms with van der Waals surface area (Å²) in [7, 11) is 0. The van der Waals surface area contributed by atoms with Gasteiger partial charge < -0.3 is 14.8 Å². The average Bonchev–Trinajstić information content (AvgIpc) is 3.14. The molecule has 7 nitrogen and oxygen atoms in total. The minimum Gasteiger partial charge on any atom is -0.490 e. The highest BCUT2D eigenvalue weighted by Crippen LogP contribution is 2.38. The zero-order valence-electron chi connectivity index (χ0n) is 21.5. The SMILES string of the molecule is CCOc1cc(/C=C2\SC(=O)N(Cc3ccccc3C)C2=O)cc(I)c1OCC(=O)Nc1ccc(C)c(Cl)c1. The van der Waals surface area contributed by atoms with Crippen LogP contribution in [0.4, 0.5) is 10.5 Å². The fraction of sp³-hybridized carbons (Fsp3) is 0.207. The van der Waals surface area contributed by atoms with Gasteiger partial charge in [0.15, 0.2) is 18.1 Å². The van der Waals surface area contributed by atoms with E-state index in [0.29, 0.717) is 42.9 Å². The second-order valence-electron chi connectivity index (χ2n) is 8.76. The Morgan fingerprint density at radius 2 is 1.85 bits per heavy atom. The summed E-state index contributed by atoms with van der Waals surface area (Å²) in [6.07, 6.45) is 1.67. The van der Waals surface area contributed by atoms with Crippen LogP contribution in [0, 0.1) is 17.4 Å². The van der Waals surface area contributed by atoms with Gasteiger partial charge in [0.25, 0.3) is 17.1 Å². The Hall–Kier alpha value is -3.02. The molecule has 0 unspecified atom stereocenters. The number of carbonyl (C=O) groups excluding carboxylic acids is 3. The predicted molar refractivity (Wildman–Crippen MR) is 163 cm³/mol. The molecular weight excluding hydrogens is 651 g/mol. The van der Waals surface area contributed by atoms with Gasteiger partial charge in [-0.25, -0.2) is 0 Å². The van der Waals surface area contributed by atoms with Gasteiger partial charge in [-0.1, -0.05) is 41.9 Å². The number of nitrogens with zero attached hydrogens (tertiary/aromatic N) is 1. The van der Waals surface area contributed by atoms with Crippen LogP contribution in [0.15, 0.2) is 59.5 Å². The molecule has 202 valence electrons. The molecule has 1 N–H and O–H groups in total. The van der Waals surface area contributed by atoms with Crippen LogP contribution in [-0.2, 0) is 16.1 Å². The number of hydrogen-bond acceptors (Lipinski definition) is 6. The normalized spacial score (nSPS) is 14.2. The first-order valence-corrected chi connectivity index (χ1v) is 14.4. The molecule has 3 aromatic rings. The monoisotopic (exact) mass is 676 g/mol. The third kappa shape index (κ3) is 7.14. The number of anilines is 1. The van der Waals surface area contributed by atoms with Crippen LogP contribution >= 0.6 is 46.0 Å². The summed E-state index contributed by atoms with van der Waals surface area (Å²) >= 11 is 9.15. The Balaban J connectivity index is 1.49. The summed E-state index contributed by atoms with van der Waals surface area (Å²) in [4.78, 5) is 39.8. The van der Waals surface area contributed by atoms with Gasteiger partial charge in [-0.2, -0.15) is 0 Å². The number of thioether (sulfide) groups is 1. The molecule has 1 saturated heterocycles. The fourth-order valence-electron chi connectivity index (χ4n) is 3.83. The number of amides is 3. The number of hydrogen-bond donors (Lipinski definition) is 1. The average molecular weight is 677 g/mol. The van der Waals surface area contributed by atoms with Gasteiger partial charge in [-0.3, -0.25) is 19.3 Å². The quantitative estimate of drug-likeness (QED) is 0.191. The van der Waals surface area contributed by atoms with E-state index in [1.165, 1.54) is 4.90 Å². The minimum atomic E-state index is -0.348. The third-order valence-electron chi connectivity index (χ3n) is 5.90. The first-order valence-electron chi connectivity index (χ1n) is 12.1. The number of imide groups is 1. The second kappa shape index (κ2) is 12.9. The van der Waals surface area contributed by atoms with E-state index in [0.717, 1.165) is 28.5 Å². The van der Waals surface area contributed by atoms with E-state index in [4.69, 9.17) is 21.1 Å². The molecule has 1 aliphatic heterocycles. The summed E-state index contributed by atoms with van der Waals surface area (Å²) < 4.78 is 12.3. The van der Waals surface area contributed by atoms with E-state index in [1.807, 2.05) is 57.2 Å². The van der Waals surface area contributed by atoms with E-state index in [1.54, 1.807) is 24.3 Å². The van der Waals surface area contributed by atoms with Crippen molar-refractivity contribution in [2.24, 2.45) is 0 Å². The summed E-state index contributed by atoms with van der Waals surface area (Å²) in [5, 5.41) is 3.02. The fourth-order valence-corrected chi connectivity index (χ4v) is 5.63. The van der Waals surface area contributed by atoms with Gasteiger partial charge in [0.1, 0.15) is 0 Å². The number of ether oxygens (including phenoxy) is 2. The molecule has 0 saturated carbocycles. The van der Waals surface area contributed by atoms with Gasteiger partial charge in [-0.05, 0) is 108 Å². The number of benzene rings is 3. The Morgan fingerprint density at radius 3 is 2.56 bits per heavy atom. The lowest BCUT2D eigenvalue weighted by Crippen LogP contribution is -2.27. The Kier molecular flexibility index (Phi) is 9.58. The van der Waals surface area contributed by atoms with Crippen LogP contribution in [0.5, 0.6) is 11.5 Å². The lowest BCUT2D eigenvalue weighted by molar-refractivity contribution is -0.123. The van der Waals surface area contributed by atoms with Gasteiger partial charge in [0.2, 0.25) is 0 Å². The molecule has 3 amide bonds. The molecule has 3 aromatic carbocycles. The smallest absolute Gasteiger partial charge is 0.293 e. The number of aryl methyl sites for hydroxylation is 2. The van der Waals surface area contributed by atoms with E-state index in [2.05, 4.69) is 27.9 Å². The highest BCUT2D eigenvalue weighted by Gasteiger charge is 2.35. The minimum absolute atomic E-state index is 0.222. The largest absolute Gasteiger partial charge is 0.490 e. The number of nitrogens with one attached hydrogen (secondary N) is 1. The lowest BCUT2D eigenvalue weighted by Gasteiger charge is -2.15. The third-order valence-corrected chi connectivity index (χ3v) is 8.01. The van der Waals surface area contributed by atoms with Crippen molar-refractivity contribution in [3.05, 3.63) is 90.3 Å². The highest BCUT2D eigenvalue weighted by molar-refractivity contribution is 14.1. The van der Waals surface area contributed by atoms with Gasteiger partial charge in [0.05, 0.1) is 21.6 Å². The second-order valence-corrected chi connectivity index (χ2v) is 11.3.